The Kier molecular flexibility index (Phi) is 4.49. The second-order valence-electron chi connectivity index (χ2n) is 3.52. The SMILES string of the molecule is Nc1ccc(Cl)nc1NCC1CSCCS1. The van der Waals surface area contributed by atoms with E-state index in [-0.39, 0.29) is 0 Å². The Labute approximate surface area is 109 Å². The van der Waals surface area contributed by atoms with E-state index in [0.717, 1.165) is 6.54 Å². The molecule has 1 aliphatic heterocycles. The van der Waals surface area contributed by atoms with Gasteiger partial charge in [-0.15, -0.1) is 0 Å². The summed E-state index contributed by atoms with van der Waals surface area (Å²) in [7, 11) is 0. The molecule has 1 fully saturated rings. The number of nitrogens with one attached hydrogen (secondary N) is 1. The summed E-state index contributed by atoms with van der Waals surface area (Å²) in [6, 6.07) is 3.48. The second-order valence-corrected chi connectivity index (χ2v) is 6.47. The molecule has 3 N–H and O–H groups in total. The molecule has 6 heteroatoms. The maximum Gasteiger partial charge on any atom is 0.151 e. The quantitative estimate of drug-likeness (QED) is 0.831. The lowest BCUT2D eigenvalue weighted by Gasteiger charge is -2.21. The molecule has 88 valence electrons. The Hall–Kier alpha value is -0.260. The Morgan fingerprint density at radius 3 is 3.12 bits per heavy atom. The van der Waals surface area contributed by atoms with Crippen LogP contribution in [0.2, 0.25) is 5.15 Å². The number of halogens is 1. The normalized spacial score (nSPS) is 20.7. The van der Waals surface area contributed by atoms with Crippen LogP contribution < -0.4 is 11.1 Å². The zero-order valence-corrected chi connectivity index (χ0v) is 11.2. The molecule has 1 aliphatic rings. The van der Waals surface area contributed by atoms with Crippen LogP contribution in [0.25, 0.3) is 0 Å². The van der Waals surface area contributed by atoms with E-state index in [4.69, 9.17) is 17.3 Å². The number of nitrogen functional groups attached to an aromatic ring is 1. The van der Waals surface area contributed by atoms with Crippen LogP contribution in [0, 0.1) is 0 Å². The zero-order valence-electron chi connectivity index (χ0n) is 8.78. The summed E-state index contributed by atoms with van der Waals surface area (Å²) in [5, 5.41) is 4.38. The lowest BCUT2D eigenvalue weighted by Crippen LogP contribution is -2.23. The molecule has 0 bridgehead atoms. The molecule has 1 aromatic heterocycles. The molecule has 0 amide bonds. The van der Waals surface area contributed by atoms with Crippen LogP contribution >= 0.6 is 35.1 Å². The number of nitrogens with zero attached hydrogens (tertiary/aromatic N) is 1. The molecule has 0 spiro atoms. The molecule has 0 aromatic carbocycles. The highest BCUT2D eigenvalue weighted by atomic mass is 35.5. The highest BCUT2D eigenvalue weighted by molar-refractivity contribution is 8.06. The van der Waals surface area contributed by atoms with E-state index in [1.54, 1.807) is 12.1 Å². The molecular weight excluding hydrogens is 262 g/mol. The fourth-order valence-electron chi connectivity index (χ4n) is 1.45. The van der Waals surface area contributed by atoms with E-state index in [1.165, 1.54) is 17.3 Å². The first kappa shape index (κ1) is 12.2. The predicted octanol–water partition coefficient (Wildman–Crippen LogP) is 2.58. The van der Waals surface area contributed by atoms with Crippen LogP contribution in [0.5, 0.6) is 0 Å². The molecule has 2 heterocycles. The van der Waals surface area contributed by atoms with Crippen molar-refractivity contribution in [2.45, 2.75) is 5.25 Å². The van der Waals surface area contributed by atoms with E-state index in [0.29, 0.717) is 21.9 Å². The highest BCUT2D eigenvalue weighted by Gasteiger charge is 2.14. The van der Waals surface area contributed by atoms with Gasteiger partial charge in [0, 0.05) is 29.1 Å². The third-order valence-corrected chi connectivity index (χ3v) is 5.33. The Morgan fingerprint density at radius 2 is 2.38 bits per heavy atom. The fraction of sp³-hybridized carbons (Fsp3) is 0.500. The van der Waals surface area contributed by atoms with Crippen molar-refractivity contribution >= 4 is 46.6 Å². The highest BCUT2D eigenvalue weighted by Crippen LogP contribution is 2.25. The number of pyridine rings is 1. The van der Waals surface area contributed by atoms with E-state index in [1.807, 2.05) is 23.5 Å². The molecule has 2 rings (SSSR count). The summed E-state index contributed by atoms with van der Waals surface area (Å²) in [6.07, 6.45) is 0. The minimum atomic E-state index is 0.474. The van der Waals surface area contributed by atoms with Crippen LogP contribution in [0.15, 0.2) is 12.1 Å². The van der Waals surface area contributed by atoms with E-state index in [2.05, 4.69) is 10.3 Å². The lowest BCUT2D eigenvalue weighted by molar-refractivity contribution is 0.994. The molecular formula is C10H14ClN3S2. The van der Waals surface area contributed by atoms with Gasteiger partial charge in [-0.05, 0) is 12.1 Å². The van der Waals surface area contributed by atoms with Crippen LogP contribution in [-0.2, 0) is 0 Å². The van der Waals surface area contributed by atoms with Gasteiger partial charge >= 0.3 is 0 Å². The molecule has 1 atom stereocenters. The third-order valence-electron chi connectivity index (χ3n) is 2.27. The number of nitrogens with two attached hydrogens (primary N) is 1. The Morgan fingerprint density at radius 1 is 1.50 bits per heavy atom. The summed E-state index contributed by atoms with van der Waals surface area (Å²) in [6.45, 7) is 0.898. The van der Waals surface area contributed by atoms with Crippen molar-refractivity contribution in [3.05, 3.63) is 17.3 Å². The molecule has 0 aliphatic carbocycles. The number of hydrogen-bond donors (Lipinski definition) is 2. The maximum atomic E-state index is 5.82. The summed E-state index contributed by atoms with van der Waals surface area (Å²) in [5.74, 6) is 4.38. The van der Waals surface area contributed by atoms with Gasteiger partial charge in [-0.3, -0.25) is 0 Å². The molecule has 3 nitrogen and oxygen atoms in total. The van der Waals surface area contributed by atoms with Crippen molar-refractivity contribution in [3.63, 3.8) is 0 Å². The van der Waals surface area contributed by atoms with E-state index >= 15 is 0 Å². The second kappa shape index (κ2) is 5.89. The van der Waals surface area contributed by atoms with Gasteiger partial charge in [0.2, 0.25) is 0 Å². The van der Waals surface area contributed by atoms with Gasteiger partial charge in [-0.1, -0.05) is 11.6 Å². The van der Waals surface area contributed by atoms with Crippen molar-refractivity contribution in [2.24, 2.45) is 0 Å². The zero-order chi connectivity index (χ0) is 11.4. The molecule has 1 saturated heterocycles. The molecule has 0 radical (unpaired) electrons. The third kappa shape index (κ3) is 3.37. The molecule has 16 heavy (non-hydrogen) atoms. The summed E-state index contributed by atoms with van der Waals surface area (Å²) in [5.41, 5.74) is 6.46. The van der Waals surface area contributed by atoms with Gasteiger partial charge in [0.15, 0.2) is 5.82 Å². The first-order valence-corrected chi connectivity index (χ1v) is 7.69. The van der Waals surface area contributed by atoms with Gasteiger partial charge in [0.1, 0.15) is 5.15 Å². The average Bonchev–Trinajstić information content (AvgIpc) is 2.32. The Bertz CT molecular complexity index is 356. The number of hydrogen-bond acceptors (Lipinski definition) is 5. The van der Waals surface area contributed by atoms with Crippen molar-refractivity contribution in [3.8, 4) is 0 Å². The topological polar surface area (TPSA) is 50.9 Å². The number of anilines is 2. The van der Waals surface area contributed by atoms with Crippen LogP contribution in [0.1, 0.15) is 0 Å². The lowest BCUT2D eigenvalue weighted by atomic mass is 10.4. The maximum absolute atomic E-state index is 5.82. The average molecular weight is 276 g/mol. The van der Waals surface area contributed by atoms with Gasteiger partial charge in [-0.2, -0.15) is 23.5 Å². The van der Waals surface area contributed by atoms with Crippen molar-refractivity contribution in [1.29, 1.82) is 0 Å². The van der Waals surface area contributed by atoms with Gasteiger partial charge in [0.05, 0.1) is 5.69 Å². The molecule has 1 unspecified atom stereocenters. The number of aromatic nitrogens is 1. The van der Waals surface area contributed by atoms with Crippen LogP contribution in [-0.4, -0.2) is 34.0 Å². The summed E-state index contributed by atoms with van der Waals surface area (Å²) < 4.78 is 0. The van der Waals surface area contributed by atoms with E-state index in [9.17, 15) is 0 Å². The summed E-state index contributed by atoms with van der Waals surface area (Å²) >= 11 is 9.84. The summed E-state index contributed by atoms with van der Waals surface area (Å²) in [4.78, 5) is 4.17. The fourth-order valence-corrected chi connectivity index (χ4v) is 4.21. The number of rotatable bonds is 3. The molecule has 0 saturated carbocycles. The van der Waals surface area contributed by atoms with Gasteiger partial charge < -0.3 is 11.1 Å². The minimum absolute atomic E-state index is 0.474. The van der Waals surface area contributed by atoms with Crippen molar-refractivity contribution < 1.29 is 0 Å². The smallest absolute Gasteiger partial charge is 0.151 e. The van der Waals surface area contributed by atoms with E-state index < -0.39 is 0 Å². The van der Waals surface area contributed by atoms with Crippen molar-refractivity contribution in [2.75, 3.05) is 34.9 Å². The van der Waals surface area contributed by atoms with Crippen LogP contribution in [0.3, 0.4) is 0 Å². The minimum Gasteiger partial charge on any atom is -0.396 e. The molecule has 1 aromatic rings. The number of thioether (sulfide) groups is 2. The van der Waals surface area contributed by atoms with Crippen molar-refractivity contribution in [1.82, 2.24) is 4.98 Å². The van der Waals surface area contributed by atoms with Gasteiger partial charge in [-0.25, -0.2) is 4.98 Å². The predicted molar refractivity (Wildman–Crippen MR) is 75.7 cm³/mol. The monoisotopic (exact) mass is 275 g/mol. The Balaban J connectivity index is 1.90. The van der Waals surface area contributed by atoms with Gasteiger partial charge in [0.25, 0.3) is 0 Å². The standard InChI is InChI=1S/C10H14ClN3S2/c11-9-2-1-8(12)10(14-9)13-5-7-6-15-3-4-16-7/h1-2,7H,3-6,12H2,(H,13,14). The van der Waals surface area contributed by atoms with Crippen LogP contribution in [0.4, 0.5) is 11.5 Å². The first-order valence-electron chi connectivity index (χ1n) is 5.11. The first-order chi connectivity index (χ1) is 7.75. The largest absolute Gasteiger partial charge is 0.396 e.